The number of amides is 1. The number of ether oxygens (including phenoxy) is 1. The number of aromatic nitrogens is 1. The Bertz CT molecular complexity index is 596. The maximum Gasteiger partial charge on any atom is 0.225 e. The molecule has 0 aliphatic carbocycles. The van der Waals surface area contributed by atoms with Crippen LogP contribution in [-0.4, -0.2) is 60.6 Å². The predicted octanol–water partition coefficient (Wildman–Crippen LogP) is 2.44. The lowest BCUT2D eigenvalue weighted by Gasteiger charge is -2.34. The minimum Gasteiger partial charge on any atom is -0.490 e. The minimum atomic E-state index is 0.170. The van der Waals surface area contributed by atoms with Crippen molar-refractivity contribution < 1.29 is 9.53 Å². The number of carbonyl (C=O) groups is 1. The number of nitrogens with zero attached hydrogens (tertiary/aromatic N) is 3. The average Bonchev–Trinajstić information content (AvgIpc) is 2.73. The third-order valence-electron chi connectivity index (χ3n) is 5.09. The Balaban J connectivity index is 1.77. The van der Waals surface area contributed by atoms with Crippen molar-refractivity contribution in [3.05, 3.63) is 24.5 Å². The van der Waals surface area contributed by atoms with E-state index in [0.29, 0.717) is 25.1 Å². The number of likely N-dealkylation sites (tertiary alicyclic amines) is 1. The van der Waals surface area contributed by atoms with E-state index in [1.165, 1.54) is 0 Å². The van der Waals surface area contributed by atoms with Crippen LogP contribution in [0.3, 0.4) is 0 Å². The van der Waals surface area contributed by atoms with Crippen LogP contribution in [-0.2, 0) is 4.79 Å². The molecule has 156 valence electrons. The Morgan fingerprint density at radius 1 is 1.32 bits per heavy atom. The van der Waals surface area contributed by atoms with Crippen LogP contribution in [0.1, 0.15) is 46.5 Å². The number of hydrogen-bond acceptors (Lipinski definition) is 4. The van der Waals surface area contributed by atoms with Crippen LogP contribution in [0, 0.1) is 5.92 Å². The van der Waals surface area contributed by atoms with E-state index in [9.17, 15) is 4.79 Å². The van der Waals surface area contributed by atoms with Crippen molar-refractivity contribution in [2.75, 3.05) is 32.8 Å². The van der Waals surface area contributed by atoms with E-state index in [-0.39, 0.29) is 5.92 Å². The fourth-order valence-electron chi connectivity index (χ4n) is 3.41. The number of pyridine rings is 1. The maximum absolute atomic E-state index is 12.5. The van der Waals surface area contributed by atoms with E-state index >= 15 is 0 Å². The lowest BCUT2D eigenvalue weighted by atomic mass is 9.98. The van der Waals surface area contributed by atoms with Gasteiger partial charge in [0.2, 0.25) is 5.91 Å². The standard InChI is InChI=1S/C21H35N5O2/c1-4-17(5-2)20(27)26-13-9-18(10-14-26)25-21(23-6-3)24-12-15-28-19-8-7-11-22-16-19/h7-8,11,16-18H,4-6,9-10,12-15H2,1-3H3,(H2,23,24,25). The van der Waals surface area contributed by atoms with Gasteiger partial charge in [0.15, 0.2) is 5.96 Å². The molecule has 0 saturated carbocycles. The number of guanidine groups is 1. The van der Waals surface area contributed by atoms with Crippen molar-refractivity contribution in [3.8, 4) is 5.75 Å². The molecule has 1 aromatic rings. The first-order chi connectivity index (χ1) is 13.7. The van der Waals surface area contributed by atoms with Gasteiger partial charge in [0.1, 0.15) is 12.4 Å². The highest BCUT2D eigenvalue weighted by Crippen LogP contribution is 2.17. The number of hydrogen-bond donors (Lipinski definition) is 2. The average molecular weight is 390 g/mol. The van der Waals surface area contributed by atoms with Crippen molar-refractivity contribution in [3.63, 3.8) is 0 Å². The Morgan fingerprint density at radius 3 is 2.68 bits per heavy atom. The molecule has 2 rings (SSSR count). The second-order valence-corrected chi connectivity index (χ2v) is 7.06. The summed E-state index contributed by atoms with van der Waals surface area (Å²) in [6, 6.07) is 4.07. The smallest absolute Gasteiger partial charge is 0.225 e. The summed E-state index contributed by atoms with van der Waals surface area (Å²) in [7, 11) is 0. The quantitative estimate of drug-likeness (QED) is 0.385. The molecule has 7 heteroatoms. The predicted molar refractivity (Wildman–Crippen MR) is 113 cm³/mol. The molecule has 1 saturated heterocycles. The zero-order chi connectivity index (χ0) is 20.2. The zero-order valence-electron chi connectivity index (χ0n) is 17.5. The van der Waals surface area contributed by atoms with Crippen LogP contribution in [0.2, 0.25) is 0 Å². The molecule has 0 atom stereocenters. The van der Waals surface area contributed by atoms with Crippen LogP contribution >= 0.6 is 0 Å². The van der Waals surface area contributed by atoms with Gasteiger partial charge in [0.05, 0.1) is 12.7 Å². The molecule has 1 amide bonds. The van der Waals surface area contributed by atoms with Crippen molar-refractivity contribution in [2.45, 2.75) is 52.5 Å². The highest BCUT2D eigenvalue weighted by molar-refractivity contribution is 5.80. The molecule has 0 aromatic carbocycles. The number of carbonyl (C=O) groups excluding carboxylic acids is 1. The normalized spacial score (nSPS) is 15.6. The Hall–Kier alpha value is -2.31. The second-order valence-electron chi connectivity index (χ2n) is 7.06. The van der Waals surface area contributed by atoms with Gasteiger partial charge in [0.25, 0.3) is 0 Å². The lowest BCUT2D eigenvalue weighted by Crippen LogP contribution is -2.50. The van der Waals surface area contributed by atoms with Crippen LogP contribution in [0.4, 0.5) is 0 Å². The molecular weight excluding hydrogens is 354 g/mol. The van der Waals surface area contributed by atoms with E-state index in [4.69, 9.17) is 4.74 Å². The van der Waals surface area contributed by atoms with Gasteiger partial charge in [-0.25, -0.2) is 4.99 Å². The maximum atomic E-state index is 12.5. The molecule has 2 heterocycles. The van der Waals surface area contributed by atoms with E-state index in [0.717, 1.165) is 57.0 Å². The molecule has 1 aliphatic rings. The fraction of sp³-hybridized carbons (Fsp3) is 0.667. The fourth-order valence-corrected chi connectivity index (χ4v) is 3.41. The zero-order valence-corrected chi connectivity index (χ0v) is 17.5. The van der Waals surface area contributed by atoms with Gasteiger partial charge in [-0.1, -0.05) is 13.8 Å². The number of aliphatic imine (C=N–C) groups is 1. The summed E-state index contributed by atoms with van der Waals surface area (Å²) in [5, 5.41) is 6.79. The van der Waals surface area contributed by atoms with Gasteiger partial charge in [-0.2, -0.15) is 0 Å². The van der Waals surface area contributed by atoms with Crippen molar-refractivity contribution in [2.24, 2.45) is 10.9 Å². The molecule has 7 nitrogen and oxygen atoms in total. The number of piperidine rings is 1. The summed E-state index contributed by atoms with van der Waals surface area (Å²) < 4.78 is 5.64. The van der Waals surface area contributed by atoms with E-state index < -0.39 is 0 Å². The van der Waals surface area contributed by atoms with E-state index in [1.807, 2.05) is 17.0 Å². The molecule has 1 aromatic heterocycles. The third-order valence-corrected chi connectivity index (χ3v) is 5.09. The molecule has 1 fully saturated rings. The van der Waals surface area contributed by atoms with Crippen molar-refractivity contribution in [1.82, 2.24) is 20.5 Å². The summed E-state index contributed by atoms with van der Waals surface area (Å²) in [6.45, 7) is 9.75. The molecule has 28 heavy (non-hydrogen) atoms. The molecule has 1 aliphatic heterocycles. The first-order valence-electron chi connectivity index (χ1n) is 10.5. The van der Waals surface area contributed by atoms with E-state index in [2.05, 4.69) is 41.4 Å². The summed E-state index contributed by atoms with van der Waals surface area (Å²) >= 11 is 0. The third kappa shape index (κ3) is 7.02. The summed E-state index contributed by atoms with van der Waals surface area (Å²) in [6.07, 6.45) is 7.16. The molecule has 0 unspecified atom stereocenters. The topological polar surface area (TPSA) is 78.9 Å². The summed E-state index contributed by atoms with van der Waals surface area (Å²) in [5.41, 5.74) is 0. The Kier molecular flexibility index (Phi) is 9.59. The highest BCUT2D eigenvalue weighted by atomic mass is 16.5. The molecule has 0 bridgehead atoms. The molecular formula is C21H35N5O2. The SMILES string of the molecule is CCNC(=NCCOc1cccnc1)NC1CCN(C(=O)C(CC)CC)CC1. The van der Waals surface area contributed by atoms with Gasteiger partial charge >= 0.3 is 0 Å². The Morgan fingerprint density at radius 2 is 2.07 bits per heavy atom. The molecule has 0 spiro atoms. The summed E-state index contributed by atoms with van der Waals surface area (Å²) in [5.74, 6) is 2.05. The van der Waals surface area contributed by atoms with Gasteiger partial charge in [-0.3, -0.25) is 9.78 Å². The first-order valence-corrected chi connectivity index (χ1v) is 10.5. The van der Waals surface area contributed by atoms with Crippen LogP contribution in [0.25, 0.3) is 0 Å². The monoisotopic (exact) mass is 389 g/mol. The van der Waals surface area contributed by atoms with Gasteiger partial charge in [-0.15, -0.1) is 0 Å². The number of rotatable bonds is 9. The van der Waals surface area contributed by atoms with Gasteiger partial charge in [0, 0.05) is 37.8 Å². The first kappa shape index (κ1) is 22.0. The van der Waals surface area contributed by atoms with Crippen LogP contribution < -0.4 is 15.4 Å². The second kappa shape index (κ2) is 12.2. The van der Waals surface area contributed by atoms with Gasteiger partial charge in [-0.05, 0) is 44.7 Å². The van der Waals surface area contributed by atoms with Crippen LogP contribution in [0.5, 0.6) is 5.75 Å². The molecule has 2 N–H and O–H groups in total. The molecule has 0 radical (unpaired) electrons. The van der Waals surface area contributed by atoms with E-state index in [1.54, 1.807) is 12.4 Å². The minimum absolute atomic E-state index is 0.170. The number of nitrogens with one attached hydrogen (secondary N) is 2. The summed E-state index contributed by atoms with van der Waals surface area (Å²) in [4.78, 5) is 23.2. The van der Waals surface area contributed by atoms with Crippen molar-refractivity contribution in [1.29, 1.82) is 0 Å². The Labute approximate surface area is 169 Å². The van der Waals surface area contributed by atoms with Gasteiger partial charge < -0.3 is 20.3 Å². The largest absolute Gasteiger partial charge is 0.490 e. The lowest BCUT2D eigenvalue weighted by molar-refractivity contribution is -0.136. The van der Waals surface area contributed by atoms with Crippen LogP contribution in [0.15, 0.2) is 29.5 Å². The van der Waals surface area contributed by atoms with Crippen molar-refractivity contribution >= 4 is 11.9 Å². The highest BCUT2D eigenvalue weighted by Gasteiger charge is 2.26.